The fraction of sp³-hybridized carbons (Fsp3) is 0.298. The Labute approximate surface area is 316 Å². The van der Waals surface area contributed by atoms with Gasteiger partial charge in [0.1, 0.15) is 0 Å². The summed E-state index contributed by atoms with van der Waals surface area (Å²) in [6.07, 6.45) is 8.99. The zero-order chi connectivity index (χ0) is 35.4. The topological polar surface area (TPSA) is 23.6 Å². The summed E-state index contributed by atoms with van der Waals surface area (Å²) in [5.41, 5.74) is 7.02. The van der Waals surface area contributed by atoms with E-state index in [0.717, 1.165) is 85.9 Å². The molecule has 2 fully saturated rings. The molecule has 0 unspecified atom stereocenters. The Balaban J connectivity index is 1.12. The zero-order valence-corrected chi connectivity index (χ0v) is 32.0. The van der Waals surface area contributed by atoms with Crippen LogP contribution in [0.15, 0.2) is 121 Å². The second-order valence-electron chi connectivity index (χ2n) is 15.0. The van der Waals surface area contributed by atoms with Gasteiger partial charge in [-0.3, -0.25) is 14.6 Å². The van der Waals surface area contributed by atoms with Gasteiger partial charge in [-0.2, -0.15) is 0 Å². The van der Waals surface area contributed by atoms with E-state index in [0.29, 0.717) is 11.8 Å². The van der Waals surface area contributed by atoms with Crippen molar-refractivity contribution in [1.29, 1.82) is 0 Å². The van der Waals surface area contributed by atoms with Gasteiger partial charge >= 0.3 is 0 Å². The maximum absolute atomic E-state index is 15.3. The van der Waals surface area contributed by atoms with Gasteiger partial charge in [-0.15, -0.1) is 22.7 Å². The first kappa shape index (κ1) is 34.9. The molecule has 0 atom stereocenters. The number of carbonyl (C=O) groups excluding carboxylic acids is 1. The molecule has 0 aliphatic carbocycles. The van der Waals surface area contributed by atoms with Crippen molar-refractivity contribution in [2.24, 2.45) is 11.8 Å². The van der Waals surface area contributed by atoms with Crippen molar-refractivity contribution >= 4 is 59.8 Å². The smallest absolute Gasteiger partial charge is 0.195 e. The molecular weight excluding hydrogens is 673 g/mol. The van der Waals surface area contributed by atoms with E-state index in [9.17, 15) is 0 Å². The number of likely N-dealkylation sites (tertiary alicyclic amines) is 2. The lowest BCUT2D eigenvalue weighted by molar-refractivity contribution is -0.108. The summed E-state index contributed by atoms with van der Waals surface area (Å²) in [6.45, 7) is 10.5. The Kier molecular flexibility index (Phi) is 10.6. The van der Waals surface area contributed by atoms with Crippen LogP contribution in [0, 0.1) is 25.7 Å². The van der Waals surface area contributed by atoms with Gasteiger partial charge in [-0.1, -0.05) is 108 Å². The molecule has 3 nitrogen and oxygen atoms in total. The predicted octanol–water partition coefficient (Wildman–Crippen LogP) is 11.6. The third kappa shape index (κ3) is 8.24. The first-order valence-corrected chi connectivity index (χ1v) is 20.6. The van der Waals surface area contributed by atoms with E-state index in [1.807, 2.05) is 0 Å². The molecule has 2 saturated heterocycles. The highest BCUT2D eigenvalue weighted by atomic mass is 32.1. The number of rotatable bonds is 10. The van der Waals surface area contributed by atoms with Crippen LogP contribution in [0.25, 0.3) is 31.3 Å². The van der Waals surface area contributed by atoms with Crippen molar-refractivity contribution in [3.63, 3.8) is 0 Å². The molecular formula is C47H48N2OS2. The molecule has 0 spiro atoms. The summed E-state index contributed by atoms with van der Waals surface area (Å²) in [5, 5.41) is 2.45. The number of carbonyl (C=O) groups is 1. The highest BCUT2D eigenvalue weighted by molar-refractivity contribution is 7.21. The van der Waals surface area contributed by atoms with E-state index in [1.54, 1.807) is 22.7 Å². The first-order valence-electron chi connectivity index (χ1n) is 19.0. The van der Waals surface area contributed by atoms with Crippen LogP contribution in [0.4, 0.5) is 0 Å². The van der Waals surface area contributed by atoms with E-state index < -0.39 is 0 Å². The van der Waals surface area contributed by atoms with Crippen LogP contribution in [0.1, 0.15) is 57.7 Å². The quantitative estimate of drug-likeness (QED) is 0.132. The number of ketones is 1. The molecule has 8 rings (SSSR count). The number of hydrogen-bond acceptors (Lipinski definition) is 5. The Morgan fingerprint density at radius 1 is 0.577 bits per heavy atom. The summed E-state index contributed by atoms with van der Waals surface area (Å²) in [5.74, 6) is 0.917. The minimum atomic E-state index is 0.185. The molecule has 0 amide bonds. The van der Waals surface area contributed by atoms with Crippen molar-refractivity contribution in [2.75, 3.05) is 26.2 Å². The Hall–Kier alpha value is -4.13. The summed E-state index contributed by atoms with van der Waals surface area (Å²) < 4.78 is 2.48. The van der Waals surface area contributed by atoms with Crippen LogP contribution in [0.2, 0.25) is 0 Å². The molecule has 2 aliphatic rings. The molecule has 0 radical (unpaired) electrons. The van der Waals surface area contributed by atoms with Gasteiger partial charge in [0, 0.05) is 43.4 Å². The second kappa shape index (κ2) is 15.9. The zero-order valence-electron chi connectivity index (χ0n) is 30.4. The van der Waals surface area contributed by atoms with E-state index in [4.69, 9.17) is 0 Å². The molecule has 4 aromatic carbocycles. The normalized spacial score (nSPS) is 17.3. The standard InChI is InChI=1S/C47H48N2OS2/c1-33-13-15-43-39(25-33)29-45(51-43)41(27-35-17-21-48(22-18-35)31-37-9-5-3-6-10-37)47(50)42(46-30-40-26-34(2)14-16-44(40)52-46)28-36-19-23-49(24-20-36)32-38-11-7-4-8-12-38/h3-16,25-30,35-36H,17-24,31-32H2,1-2H3. The van der Waals surface area contributed by atoms with Crippen LogP contribution in [0.3, 0.4) is 0 Å². The van der Waals surface area contributed by atoms with E-state index >= 15 is 4.79 Å². The Morgan fingerprint density at radius 2 is 0.981 bits per heavy atom. The summed E-state index contributed by atoms with van der Waals surface area (Å²) in [4.78, 5) is 22.7. The lowest BCUT2D eigenvalue weighted by Crippen LogP contribution is -2.33. The van der Waals surface area contributed by atoms with Crippen LogP contribution < -0.4 is 0 Å². The maximum Gasteiger partial charge on any atom is 0.195 e. The number of fused-ring (bicyclic) bond motifs is 2. The van der Waals surface area contributed by atoms with Gasteiger partial charge in [0.15, 0.2) is 5.78 Å². The highest BCUT2D eigenvalue weighted by Gasteiger charge is 2.27. The Bertz CT molecular complexity index is 2050. The number of thiophene rings is 2. The average molecular weight is 721 g/mol. The van der Waals surface area contributed by atoms with Crippen LogP contribution in [0.5, 0.6) is 0 Å². The fourth-order valence-corrected chi connectivity index (χ4v) is 10.1. The van der Waals surface area contributed by atoms with Crippen molar-refractivity contribution in [3.8, 4) is 0 Å². The van der Waals surface area contributed by atoms with Gasteiger partial charge in [0.25, 0.3) is 0 Å². The SMILES string of the molecule is Cc1ccc2sc(C(=CC3CCN(Cc4ccccc4)CC3)C(=O)C(=CC3CCN(Cc4ccccc4)CC3)c3cc4cc(C)ccc4s3)cc2c1. The summed E-state index contributed by atoms with van der Waals surface area (Å²) in [7, 11) is 0. The first-order chi connectivity index (χ1) is 25.4. The average Bonchev–Trinajstić information content (AvgIpc) is 3.78. The molecule has 6 aromatic rings. The van der Waals surface area contributed by atoms with Crippen molar-refractivity contribution in [2.45, 2.75) is 52.6 Å². The largest absolute Gasteiger partial charge is 0.299 e. The number of allylic oxidation sites excluding steroid dienone is 4. The van der Waals surface area contributed by atoms with Gasteiger partial charge in [0.2, 0.25) is 0 Å². The second-order valence-corrected chi connectivity index (χ2v) is 17.2. The van der Waals surface area contributed by atoms with E-state index in [-0.39, 0.29) is 5.78 Å². The minimum Gasteiger partial charge on any atom is -0.299 e. The number of piperidine rings is 2. The van der Waals surface area contributed by atoms with E-state index in [2.05, 4.69) is 145 Å². The van der Waals surface area contributed by atoms with Crippen molar-refractivity contribution in [1.82, 2.24) is 9.80 Å². The number of Topliss-reactive ketones (excluding diaryl/α,β-unsaturated/α-hetero) is 1. The molecule has 264 valence electrons. The molecule has 0 saturated carbocycles. The highest BCUT2D eigenvalue weighted by Crippen LogP contribution is 2.40. The number of benzene rings is 4. The van der Waals surface area contributed by atoms with Gasteiger partial charge in [-0.05, 0) is 124 Å². The fourth-order valence-electron chi connectivity index (χ4n) is 7.99. The molecule has 2 aliphatic heterocycles. The molecule has 52 heavy (non-hydrogen) atoms. The van der Waals surface area contributed by atoms with Gasteiger partial charge < -0.3 is 0 Å². The van der Waals surface area contributed by atoms with E-state index in [1.165, 1.54) is 42.4 Å². The molecule has 0 N–H and O–H groups in total. The minimum absolute atomic E-state index is 0.185. The summed E-state index contributed by atoms with van der Waals surface area (Å²) >= 11 is 3.54. The molecule has 5 heteroatoms. The maximum atomic E-state index is 15.3. The lowest BCUT2D eigenvalue weighted by Gasteiger charge is -2.31. The predicted molar refractivity (Wildman–Crippen MR) is 223 cm³/mol. The van der Waals surface area contributed by atoms with Gasteiger partial charge in [0.05, 0.1) is 0 Å². The monoisotopic (exact) mass is 720 g/mol. The molecule has 0 bridgehead atoms. The van der Waals surface area contributed by atoms with Crippen LogP contribution in [-0.4, -0.2) is 41.8 Å². The van der Waals surface area contributed by atoms with Gasteiger partial charge in [-0.25, -0.2) is 0 Å². The lowest BCUT2D eigenvalue weighted by atomic mass is 9.88. The number of hydrogen-bond donors (Lipinski definition) is 0. The van der Waals surface area contributed by atoms with Crippen LogP contribution >= 0.6 is 22.7 Å². The molecule has 2 aromatic heterocycles. The van der Waals surface area contributed by atoms with Crippen LogP contribution in [-0.2, 0) is 17.9 Å². The summed E-state index contributed by atoms with van der Waals surface area (Å²) in [6, 6.07) is 39.5. The molecule has 4 heterocycles. The van der Waals surface area contributed by atoms with Crippen molar-refractivity contribution < 1.29 is 4.79 Å². The Morgan fingerprint density at radius 3 is 1.38 bits per heavy atom. The third-order valence-corrected chi connectivity index (χ3v) is 13.2. The van der Waals surface area contributed by atoms with Crippen molar-refractivity contribution in [3.05, 3.63) is 153 Å². The number of aryl methyl sites for hydroxylation is 2. The third-order valence-electron chi connectivity index (χ3n) is 10.9. The number of nitrogens with zero attached hydrogens (tertiary/aromatic N) is 2.